The van der Waals surface area contributed by atoms with E-state index in [0.717, 1.165) is 56.8 Å². The second-order valence-electron chi connectivity index (χ2n) is 10.9. The molecule has 2 saturated heterocycles. The summed E-state index contributed by atoms with van der Waals surface area (Å²) in [6.45, 7) is 7.49. The lowest BCUT2D eigenvalue weighted by molar-refractivity contribution is 0.0909. The van der Waals surface area contributed by atoms with Gasteiger partial charge in [-0.2, -0.15) is 0 Å². The van der Waals surface area contributed by atoms with Gasteiger partial charge in [-0.15, -0.1) is 0 Å². The van der Waals surface area contributed by atoms with E-state index >= 15 is 0 Å². The molecule has 1 atom stereocenters. The van der Waals surface area contributed by atoms with Gasteiger partial charge in [-0.1, -0.05) is 79.7 Å². The summed E-state index contributed by atoms with van der Waals surface area (Å²) in [5, 5.41) is 0. The largest absolute Gasteiger partial charge is 0.490 e. The molecule has 200 valence electrons. The maximum absolute atomic E-state index is 13.2. The van der Waals surface area contributed by atoms with Gasteiger partial charge in [0.1, 0.15) is 11.9 Å². The van der Waals surface area contributed by atoms with Crippen molar-refractivity contribution in [1.82, 2.24) is 9.80 Å². The molecule has 0 saturated carbocycles. The van der Waals surface area contributed by atoms with Gasteiger partial charge in [0.15, 0.2) is 5.78 Å². The van der Waals surface area contributed by atoms with Gasteiger partial charge < -0.3 is 14.5 Å². The molecule has 0 spiro atoms. The van der Waals surface area contributed by atoms with Crippen LogP contribution in [0.15, 0.2) is 84.9 Å². The molecule has 1 unspecified atom stereocenters. The molecule has 3 aromatic rings. The number of hydrogen-bond donors (Lipinski definition) is 0. The molecule has 0 radical (unpaired) electrons. The minimum Gasteiger partial charge on any atom is -0.490 e. The molecule has 0 N–H and O–H groups in total. The number of likely N-dealkylation sites (tertiary alicyclic amines) is 2. The van der Waals surface area contributed by atoms with Crippen LogP contribution in [0.2, 0.25) is 0 Å². The number of Topliss-reactive ketones (excluding diaryl/α,β-unsaturated/α-hetero) is 1. The van der Waals surface area contributed by atoms with E-state index in [4.69, 9.17) is 4.74 Å². The molecule has 0 amide bonds. The fraction of sp³-hybridized carbons (Fsp3) is 0.441. The Morgan fingerprint density at radius 3 is 2.13 bits per heavy atom. The highest BCUT2D eigenvalue weighted by Gasteiger charge is 2.27. The second kappa shape index (κ2) is 13.2. The van der Waals surface area contributed by atoms with Crippen LogP contribution in [0.1, 0.15) is 72.9 Å². The monoisotopic (exact) mass is 510 g/mol. The van der Waals surface area contributed by atoms with Crippen LogP contribution in [0, 0.1) is 0 Å². The average molecular weight is 511 g/mol. The number of carbonyl (C=O) groups excluding carboxylic acids is 1. The number of hydrogen-bond acceptors (Lipinski definition) is 4. The Morgan fingerprint density at radius 1 is 0.842 bits per heavy atom. The first-order valence-electron chi connectivity index (χ1n) is 14.6. The molecule has 0 aliphatic carbocycles. The molecule has 0 bridgehead atoms. The number of nitrogens with zero attached hydrogens (tertiary/aromatic N) is 2. The second-order valence-corrected chi connectivity index (χ2v) is 10.9. The lowest BCUT2D eigenvalue weighted by atomic mass is 9.90. The van der Waals surface area contributed by atoms with Crippen molar-refractivity contribution >= 4 is 5.78 Å². The average Bonchev–Trinajstić information content (AvgIpc) is 3.44. The zero-order valence-corrected chi connectivity index (χ0v) is 22.8. The number of benzene rings is 3. The molecule has 5 rings (SSSR count). The number of para-hydroxylation sites is 1. The van der Waals surface area contributed by atoms with E-state index in [1.165, 1.54) is 30.5 Å². The summed E-state index contributed by atoms with van der Waals surface area (Å²) in [6.07, 6.45) is 6.12. The minimum atomic E-state index is 0.150. The van der Waals surface area contributed by atoms with E-state index in [1.807, 2.05) is 24.3 Å². The van der Waals surface area contributed by atoms with Crippen molar-refractivity contribution in [2.45, 2.75) is 63.5 Å². The molecule has 4 heteroatoms. The van der Waals surface area contributed by atoms with Crippen LogP contribution < -0.4 is 4.74 Å². The molecular weight excluding hydrogens is 468 g/mol. The molecule has 3 aromatic carbocycles. The topological polar surface area (TPSA) is 32.8 Å². The first-order chi connectivity index (χ1) is 18.7. The third-order valence-corrected chi connectivity index (χ3v) is 8.47. The van der Waals surface area contributed by atoms with Crippen LogP contribution in [0.25, 0.3) is 0 Å². The molecule has 2 fully saturated rings. The van der Waals surface area contributed by atoms with Crippen LogP contribution in [-0.2, 0) is 0 Å². The van der Waals surface area contributed by atoms with E-state index in [-0.39, 0.29) is 11.9 Å². The maximum atomic E-state index is 13.2. The molecular formula is C34H42N2O2. The van der Waals surface area contributed by atoms with Gasteiger partial charge in [-0.05, 0) is 68.5 Å². The fourth-order valence-electron chi connectivity index (χ4n) is 6.29. The Hall–Kier alpha value is -2.95. The normalized spacial score (nSPS) is 19.2. The zero-order valence-electron chi connectivity index (χ0n) is 22.8. The third kappa shape index (κ3) is 6.73. The highest BCUT2D eigenvalue weighted by Crippen LogP contribution is 2.29. The van der Waals surface area contributed by atoms with Crippen molar-refractivity contribution in [1.29, 1.82) is 0 Å². The van der Waals surface area contributed by atoms with Crippen LogP contribution >= 0.6 is 0 Å². The van der Waals surface area contributed by atoms with Crippen molar-refractivity contribution < 1.29 is 9.53 Å². The molecule has 38 heavy (non-hydrogen) atoms. The van der Waals surface area contributed by atoms with Crippen molar-refractivity contribution in [3.05, 3.63) is 102 Å². The predicted octanol–water partition coefficient (Wildman–Crippen LogP) is 6.81. The van der Waals surface area contributed by atoms with E-state index in [0.29, 0.717) is 18.4 Å². The molecule has 2 aliphatic heterocycles. The number of ether oxygens (including phenoxy) is 1. The summed E-state index contributed by atoms with van der Waals surface area (Å²) in [5.74, 6) is 1.34. The lowest BCUT2D eigenvalue weighted by Crippen LogP contribution is -2.40. The number of carbonyl (C=O) groups is 1. The number of piperidine rings is 1. The van der Waals surface area contributed by atoms with Gasteiger partial charge in [0.25, 0.3) is 0 Å². The molecule has 2 aliphatic rings. The maximum Gasteiger partial charge on any atom is 0.166 e. The van der Waals surface area contributed by atoms with Crippen molar-refractivity contribution in [2.75, 3.05) is 32.7 Å². The molecule has 0 aromatic heterocycles. The van der Waals surface area contributed by atoms with E-state index in [9.17, 15) is 4.79 Å². The van der Waals surface area contributed by atoms with Crippen LogP contribution in [0.3, 0.4) is 0 Å². The minimum absolute atomic E-state index is 0.150. The van der Waals surface area contributed by atoms with Crippen molar-refractivity contribution in [2.24, 2.45) is 0 Å². The first kappa shape index (κ1) is 26.6. The van der Waals surface area contributed by atoms with E-state index in [2.05, 4.69) is 77.4 Å². The summed E-state index contributed by atoms with van der Waals surface area (Å²) in [6, 6.07) is 30.1. The quantitative estimate of drug-likeness (QED) is 0.265. The third-order valence-electron chi connectivity index (χ3n) is 8.47. The Kier molecular flexibility index (Phi) is 9.27. The predicted molar refractivity (Wildman–Crippen MR) is 155 cm³/mol. The van der Waals surface area contributed by atoms with Crippen LogP contribution in [-0.4, -0.2) is 60.5 Å². The Bertz CT molecular complexity index is 1100. The summed E-state index contributed by atoms with van der Waals surface area (Å²) in [5.41, 5.74) is 3.48. The van der Waals surface area contributed by atoms with Crippen molar-refractivity contribution in [3.63, 3.8) is 0 Å². The van der Waals surface area contributed by atoms with Gasteiger partial charge in [0, 0.05) is 38.0 Å². The fourth-order valence-corrected chi connectivity index (χ4v) is 6.29. The standard InChI is InChI=1S/C34H42N2O2/c1-2-36-23-11-16-29(36)19-20-33(37)31-17-9-10-18-34(31)38-30-21-24-35(25-22-30)26-32(27-12-5-3-6-13-27)28-14-7-4-8-15-28/h3-10,12-15,17-18,29-30,32H,2,11,16,19-26H2,1H3. The van der Waals surface area contributed by atoms with E-state index in [1.54, 1.807) is 0 Å². The summed E-state index contributed by atoms with van der Waals surface area (Å²) < 4.78 is 6.49. The Balaban J connectivity index is 1.17. The number of ketones is 1. The highest BCUT2D eigenvalue weighted by molar-refractivity contribution is 5.98. The van der Waals surface area contributed by atoms with Gasteiger partial charge in [-0.25, -0.2) is 0 Å². The van der Waals surface area contributed by atoms with Gasteiger partial charge in [0.05, 0.1) is 5.56 Å². The lowest BCUT2D eigenvalue weighted by Gasteiger charge is -2.35. The zero-order chi connectivity index (χ0) is 26.2. The van der Waals surface area contributed by atoms with E-state index < -0.39 is 0 Å². The summed E-state index contributed by atoms with van der Waals surface area (Å²) >= 11 is 0. The SMILES string of the molecule is CCN1CCCC1CCC(=O)c1ccccc1OC1CCN(CC(c2ccccc2)c2ccccc2)CC1. The molecule has 2 heterocycles. The van der Waals surface area contributed by atoms with Gasteiger partial charge >= 0.3 is 0 Å². The summed E-state index contributed by atoms with van der Waals surface area (Å²) in [4.78, 5) is 18.3. The highest BCUT2D eigenvalue weighted by atomic mass is 16.5. The van der Waals surface area contributed by atoms with Crippen LogP contribution in [0.5, 0.6) is 5.75 Å². The first-order valence-corrected chi connectivity index (χ1v) is 14.6. The summed E-state index contributed by atoms with van der Waals surface area (Å²) in [7, 11) is 0. The van der Waals surface area contributed by atoms with Gasteiger partial charge in [0.2, 0.25) is 0 Å². The smallest absolute Gasteiger partial charge is 0.166 e. The Morgan fingerprint density at radius 2 is 1.47 bits per heavy atom. The Labute approximate surface area is 228 Å². The van der Waals surface area contributed by atoms with Gasteiger partial charge in [-0.3, -0.25) is 4.79 Å². The number of rotatable bonds is 11. The van der Waals surface area contributed by atoms with Crippen molar-refractivity contribution in [3.8, 4) is 5.75 Å². The molecule has 4 nitrogen and oxygen atoms in total. The van der Waals surface area contributed by atoms with Crippen LogP contribution in [0.4, 0.5) is 0 Å².